The molecule has 0 aliphatic heterocycles. The van der Waals surface area contributed by atoms with E-state index in [0.29, 0.717) is 16.8 Å². The van der Waals surface area contributed by atoms with Crippen molar-refractivity contribution < 1.29 is 30.7 Å². The van der Waals surface area contributed by atoms with Crippen molar-refractivity contribution in [3.05, 3.63) is 47.5 Å². The summed E-state index contributed by atoms with van der Waals surface area (Å²) >= 11 is 0. The Morgan fingerprint density at radius 1 is 0.963 bits per heavy atom. The molecule has 1 aromatic carbocycles. The number of hydrogen-bond donors (Lipinski definition) is 1. The number of rotatable bonds is 2. The molecule has 27 heavy (non-hydrogen) atoms. The molecule has 0 bridgehead atoms. The molecular formula is C15H10F7N5. The molecule has 0 unspecified atom stereocenters. The van der Waals surface area contributed by atoms with Crippen LogP contribution < -0.4 is 5.73 Å². The first-order valence-electron chi connectivity index (χ1n) is 7.22. The smallest absolute Gasteiger partial charge is 0.383 e. The highest BCUT2D eigenvalue weighted by atomic mass is 19.4. The predicted octanol–water partition coefficient (Wildman–Crippen LogP) is 4.03. The molecule has 0 saturated heterocycles. The largest absolute Gasteiger partial charge is 0.435 e. The minimum Gasteiger partial charge on any atom is -0.383 e. The van der Waals surface area contributed by atoms with Gasteiger partial charge in [-0.1, -0.05) is 0 Å². The molecule has 0 radical (unpaired) electrons. The van der Waals surface area contributed by atoms with Gasteiger partial charge in [0, 0.05) is 19.3 Å². The van der Waals surface area contributed by atoms with E-state index in [-0.39, 0.29) is 11.9 Å². The maximum atomic E-state index is 13.7. The molecule has 2 aromatic heterocycles. The van der Waals surface area contributed by atoms with Gasteiger partial charge in [0.25, 0.3) is 0 Å². The maximum absolute atomic E-state index is 13.7. The fraction of sp³-hybridized carbons (Fsp3) is 0.200. The number of anilines is 1. The topological polar surface area (TPSA) is 61.7 Å². The molecule has 12 heteroatoms. The Balaban J connectivity index is 2.30. The second-order valence-corrected chi connectivity index (χ2v) is 5.59. The van der Waals surface area contributed by atoms with Crippen molar-refractivity contribution in [1.82, 2.24) is 19.6 Å². The molecule has 0 spiro atoms. The van der Waals surface area contributed by atoms with Crippen molar-refractivity contribution in [2.75, 3.05) is 5.73 Å². The van der Waals surface area contributed by atoms with E-state index in [1.807, 2.05) is 0 Å². The number of nitrogens with two attached hydrogens (primary N) is 1. The van der Waals surface area contributed by atoms with Crippen molar-refractivity contribution in [2.24, 2.45) is 7.05 Å². The number of halogens is 7. The standard InChI is InChI=1S/C15H10F7N5/c1-26-3-2-10(24-26)27-13(23)11(12(25-27)15(20,21)22)7-4-8(14(17,18)19)6-9(16)5-7/h2-6H,23H2,1H3. The van der Waals surface area contributed by atoms with E-state index in [9.17, 15) is 30.7 Å². The molecule has 0 aliphatic rings. The Bertz CT molecular complexity index is 997. The average molecular weight is 393 g/mol. The van der Waals surface area contributed by atoms with Gasteiger partial charge >= 0.3 is 12.4 Å². The summed E-state index contributed by atoms with van der Waals surface area (Å²) in [6.07, 6.45) is -8.59. The summed E-state index contributed by atoms with van der Waals surface area (Å²) in [7, 11) is 1.50. The zero-order valence-electron chi connectivity index (χ0n) is 13.4. The highest BCUT2D eigenvalue weighted by Crippen LogP contribution is 2.42. The number of aromatic nitrogens is 4. The third-order valence-corrected chi connectivity index (χ3v) is 3.62. The second kappa shape index (κ2) is 5.99. The van der Waals surface area contributed by atoms with E-state index in [0.717, 1.165) is 0 Å². The lowest BCUT2D eigenvalue weighted by Crippen LogP contribution is -2.09. The van der Waals surface area contributed by atoms with Gasteiger partial charge in [0.2, 0.25) is 0 Å². The molecule has 3 aromatic rings. The number of hydrogen-bond acceptors (Lipinski definition) is 3. The third kappa shape index (κ3) is 3.46. The molecule has 0 atom stereocenters. The molecule has 0 fully saturated rings. The minimum absolute atomic E-state index is 0.0841. The van der Waals surface area contributed by atoms with Crippen LogP contribution in [0, 0.1) is 5.82 Å². The van der Waals surface area contributed by atoms with Gasteiger partial charge < -0.3 is 5.73 Å². The fourth-order valence-corrected chi connectivity index (χ4v) is 2.50. The Kier molecular flexibility index (Phi) is 4.16. The Labute approximate surface area is 146 Å². The van der Waals surface area contributed by atoms with Gasteiger partial charge in [0.1, 0.15) is 11.6 Å². The van der Waals surface area contributed by atoms with E-state index >= 15 is 0 Å². The first-order chi connectivity index (χ1) is 12.4. The van der Waals surface area contributed by atoms with Crippen LogP contribution in [0.25, 0.3) is 16.9 Å². The molecule has 3 rings (SSSR count). The summed E-state index contributed by atoms with van der Waals surface area (Å²) < 4.78 is 94.6. The van der Waals surface area contributed by atoms with Crippen LogP contribution in [0.3, 0.4) is 0 Å². The monoisotopic (exact) mass is 393 g/mol. The van der Waals surface area contributed by atoms with Crippen LogP contribution in [0.1, 0.15) is 11.3 Å². The van der Waals surface area contributed by atoms with E-state index in [1.54, 1.807) is 0 Å². The van der Waals surface area contributed by atoms with E-state index in [1.165, 1.54) is 24.0 Å². The maximum Gasteiger partial charge on any atom is 0.435 e. The van der Waals surface area contributed by atoms with Crippen molar-refractivity contribution in [3.63, 3.8) is 0 Å². The van der Waals surface area contributed by atoms with Crippen LogP contribution >= 0.6 is 0 Å². The highest BCUT2D eigenvalue weighted by Gasteiger charge is 2.40. The fourth-order valence-electron chi connectivity index (χ4n) is 2.50. The van der Waals surface area contributed by atoms with Gasteiger partial charge in [-0.05, 0) is 23.8 Å². The van der Waals surface area contributed by atoms with Gasteiger partial charge in [-0.2, -0.15) is 41.2 Å². The van der Waals surface area contributed by atoms with Crippen LogP contribution in [-0.4, -0.2) is 19.6 Å². The second-order valence-electron chi connectivity index (χ2n) is 5.59. The molecule has 5 nitrogen and oxygen atoms in total. The Morgan fingerprint density at radius 3 is 2.15 bits per heavy atom. The quantitative estimate of drug-likeness (QED) is 0.669. The number of nitrogens with zero attached hydrogens (tertiary/aromatic N) is 4. The predicted molar refractivity (Wildman–Crippen MR) is 80.1 cm³/mol. The van der Waals surface area contributed by atoms with E-state index in [2.05, 4.69) is 10.2 Å². The van der Waals surface area contributed by atoms with Gasteiger partial charge in [-0.15, -0.1) is 0 Å². The summed E-state index contributed by atoms with van der Waals surface area (Å²) in [5.74, 6) is -2.07. The molecular weight excluding hydrogens is 383 g/mol. The van der Waals surface area contributed by atoms with Crippen molar-refractivity contribution in [1.29, 1.82) is 0 Å². The summed E-state index contributed by atoms with van der Waals surface area (Å²) in [6, 6.07) is 2.39. The molecule has 0 amide bonds. The number of benzene rings is 1. The molecule has 144 valence electrons. The molecule has 0 saturated carbocycles. The van der Waals surface area contributed by atoms with Crippen LogP contribution in [-0.2, 0) is 19.4 Å². The van der Waals surface area contributed by atoms with Crippen LogP contribution in [0.4, 0.5) is 36.6 Å². The summed E-state index contributed by atoms with van der Waals surface area (Å²) in [4.78, 5) is 0. The first kappa shape index (κ1) is 18.7. The van der Waals surface area contributed by atoms with Gasteiger partial charge in [-0.3, -0.25) is 4.68 Å². The average Bonchev–Trinajstić information content (AvgIpc) is 3.08. The zero-order chi connectivity index (χ0) is 20.1. The number of nitrogen functional groups attached to an aromatic ring is 1. The first-order valence-corrected chi connectivity index (χ1v) is 7.22. The zero-order valence-corrected chi connectivity index (χ0v) is 13.4. The summed E-state index contributed by atoms with van der Waals surface area (Å²) in [5.41, 5.74) is 1.17. The Morgan fingerprint density at radius 2 is 1.63 bits per heavy atom. The SMILES string of the molecule is Cn1ccc(-n2nc(C(F)(F)F)c(-c3cc(F)cc(C(F)(F)F)c3)c2N)n1. The van der Waals surface area contributed by atoms with Gasteiger partial charge in [0.15, 0.2) is 11.5 Å². The number of alkyl halides is 6. The minimum atomic E-state index is -5.05. The molecule has 2 N–H and O–H groups in total. The highest BCUT2D eigenvalue weighted by molar-refractivity contribution is 5.78. The van der Waals surface area contributed by atoms with Crippen LogP contribution in [0.2, 0.25) is 0 Å². The third-order valence-electron chi connectivity index (χ3n) is 3.62. The van der Waals surface area contributed by atoms with Crippen molar-refractivity contribution in [2.45, 2.75) is 12.4 Å². The van der Waals surface area contributed by atoms with Gasteiger partial charge in [0.05, 0.1) is 11.1 Å². The normalized spacial score (nSPS) is 12.6. The van der Waals surface area contributed by atoms with Gasteiger partial charge in [-0.25, -0.2) is 4.39 Å². The van der Waals surface area contributed by atoms with Crippen molar-refractivity contribution in [3.8, 4) is 16.9 Å². The number of aryl methyl sites for hydroxylation is 1. The van der Waals surface area contributed by atoms with Crippen molar-refractivity contribution >= 4 is 5.82 Å². The lowest BCUT2D eigenvalue weighted by Gasteiger charge is -2.11. The van der Waals surface area contributed by atoms with E-state index in [4.69, 9.17) is 5.73 Å². The van der Waals surface area contributed by atoms with Crippen LogP contribution in [0.5, 0.6) is 0 Å². The molecule has 0 aliphatic carbocycles. The van der Waals surface area contributed by atoms with Crippen LogP contribution in [0.15, 0.2) is 30.5 Å². The Hall–Kier alpha value is -3.05. The lowest BCUT2D eigenvalue weighted by atomic mass is 10.0. The summed E-state index contributed by atoms with van der Waals surface area (Å²) in [5, 5.41) is 7.21. The summed E-state index contributed by atoms with van der Waals surface area (Å²) in [6.45, 7) is 0. The van der Waals surface area contributed by atoms with E-state index < -0.39 is 46.4 Å². The lowest BCUT2D eigenvalue weighted by molar-refractivity contribution is -0.140. The molecule has 2 heterocycles.